The van der Waals surface area contributed by atoms with Gasteiger partial charge < -0.3 is 5.32 Å². The topological polar surface area (TPSA) is 42.7 Å². The molecule has 2 fully saturated rings. The highest BCUT2D eigenvalue weighted by Gasteiger charge is 2.47. The summed E-state index contributed by atoms with van der Waals surface area (Å²) < 4.78 is 2.06. The van der Waals surface area contributed by atoms with Gasteiger partial charge in [0.05, 0.1) is 0 Å². The summed E-state index contributed by atoms with van der Waals surface area (Å²) in [6.07, 6.45) is 7.04. The average Bonchev–Trinajstić information content (AvgIpc) is 2.81. The maximum Gasteiger partial charge on any atom is 0.138 e. The van der Waals surface area contributed by atoms with Gasteiger partial charge in [0.1, 0.15) is 12.2 Å². The lowest BCUT2D eigenvalue weighted by atomic mass is 9.92. The molecule has 0 bridgehead atoms. The van der Waals surface area contributed by atoms with E-state index in [1.807, 2.05) is 0 Å². The molecule has 0 aliphatic heterocycles. The fraction of sp³-hybridized carbons (Fsp3) is 0.857. The molecule has 1 aromatic heterocycles. The normalized spacial score (nSPS) is 31.7. The molecular weight excluding hydrogens is 224 g/mol. The molecule has 3 unspecified atom stereocenters. The molecule has 1 aromatic rings. The van der Waals surface area contributed by atoms with Crippen LogP contribution in [0.2, 0.25) is 0 Å². The number of likely N-dealkylation sites (N-methyl/N-ethyl adjacent to an activating group) is 1. The first-order valence-electron chi connectivity index (χ1n) is 7.24. The van der Waals surface area contributed by atoms with E-state index in [2.05, 4.69) is 41.0 Å². The zero-order valence-electron chi connectivity index (χ0n) is 11.6. The van der Waals surface area contributed by atoms with Crippen LogP contribution in [0.3, 0.4) is 0 Å². The SMILES string of the molecule is CNC(Cc1ncnn1C(C)C)C1CC2CC2C1. The number of aromatic nitrogens is 3. The minimum Gasteiger partial charge on any atom is -0.316 e. The maximum absolute atomic E-state index is 4.44. The predicted octanol–water partition coefficient (Wildman–Crippen LogP) is 2.04. The van der Waals surface area contributed by atoms with Gasteiger partial charge in [-0.15, -0.1) is 0 Å². The van der Waals surface area contributed by atoms with Gasteiger partial charge in [-0.05, 0) is 57.9 Å². The summed E-state index contributed by atoms with van der Waals surface area (Å²) in [6, 6.07) is 0.969. The number of fused-ring (bicyclic) bond motifs is 1. The van der Waals surface area contributed by atoms with E-state index in [0.717, 1.165) is 30.0 Å². The molecule has 1 N–H and O–H groups in total. The molecule has 2 aliphatic carbocycles. The van der Waals surface area contributed by atoms with E-state index in [-0.39, 0.29) is 0 Å². The van der Waals surface area contributed by atoms with E-state index < -0.39 is 0 Å². The molecule has 18 heavy (non-hydrogen) atoms. The van der Waals surface area contributed by atoms with Crippen molar-refractivity contribution in [1.82, 2.24) is 20.1 Å². The molecule has 0 spiro atoms. The first-order valence-corrected chi connectivity index (χ1v) is 7.24. The van der Waals surface area contributed by atoms with Crippen LogP contribution in [-0.4, -0.2) is 27.9 Å². The van der Waals surface area contributed by atoms with E-state index in [9.17, 15) is 0 Å². The Hall–Kier alpha value is -0.900. The van der Waals surface area contributed by atoms with Crippen molar-refractivity contribution in [1.29, 1.82) is 0 Å². The zero-order chi connectivity index (χ0) is 12.7. The minimum atomic E-state index is 0.400. The van der Waals surface area contributed by atoms with Gasteiger partial charge in [-0.2, -0.15) is 5.10 Å². The fourth-order valence-electron chi connectivity index (χ4n) is 3.64. The van der Waals surface area contributed by atoms with Crippen molar-refractivity contribution in [3.8, 4) is 0 Å². The number of hydrogen-bond acceptors (Lipinski definition) is 3. The lowest BCUT2D eigenvalue weighted by Crippen LogP contribution is -2.36. The summed E-state index contributed by atoms with van der Waals surface area (Å²) in [7, 11) is 2.09. The van der Waals surface area contributed by atoms with Crippen LogP contribution in [0.25, 0.3) is 0 Å². The lowest BCUT2D eigenvalue weighted by Gasteiger charge is -2.24. The van der Waals surface area contributed by atoms with Crippen LogP contribution in [-0.2, 0) is 6.42 Å². The van der Waals surface area contributed by atoms with Gasteiger partial charge in [0.2, 0.25) is 0 Å². The second-order valence-corrected chi connectivity index (χ2v) is 6.30. The largest absolute Gasteiger partial charge is 0.316 e. The molecule has 3 rings (SSSR count). The van der Waals surface area contributed by atoms with Crippen molar-refractivity contribution >= 4 is 0 Å². The van der Waals surface area contributed by atoms with Crippen molar-refractivity contribution in [3.63, 3.8) is 0 Å². The molecule has 0 radical (unpaired) electrons. The highest BCUT2D eigenvalue weighted by Crippen LogP contribution is 2.55. The second-order valence-electron chi connectivity index (χ2n) is 6.30. The molecule has 4 heteroatoms. The van der Waals surface area contributed by atoms with E-state index in [0.29, 0.717) is 12.1 Å². The van der Waals surface area contributed by atoms with Gasteiger partial charge in [0, 0.05) is 18.5 Å². The molecule has 4 nitrogen and oxygen atoms in total. The van der Waals surface area contributed by atoms with Crippen LogP contribution in [0, 0.1) is 17.8 Å². The van der Waals surface area contributed by atoms with E-state index >= 15 is 0 Å². The molecule has 2 aliphatic rings. The first-order chi connectivity index (χ1) is 8.69. The third-order valence-electron chi connectivity index (χ3n) is 4.76. The Morgan fingerprint density at radius 2 is 2.06 bits per heavy atom. The number of rotatable bonds is 5. The highest BCUT2D eigenvalue weighted by atomic mass is 15.3. The van der Waals surface area contributed by atoms with Crippen LogP contribution >= 0.6 is 0 Å². The van der Waals surface area contributed by atoms with Gasteiger partial charge in [-0.25, -0.2) is 9.67 Å². The Morgan fingerprint density at radius 3 is 2.67 bits per heavy atom. The summed E-state index contributed by atoms with van der Waals surface area (Å²) in [5.74, 6) is 4.07. The van der Waals surface area contributed by atoms with Crippen molar-refractivity contribution in [3.05, 3.63) is 12.2 Å². The van der Waals surface area contributed by atoms with E-state index in [1.54, 1.807) is 6.33 Å². The Labute approximate surface area is 109 Å². The number of nitrogens with one attached hydrogen (secondary N) is 1. The van der Waals surface area contributed by atoms with Crippen LogP contribution in [0.5, 0.6) is 0 Å². The predicted molar refractivity (Wildman–Crippen MR) is 71.3 cm³/mol. The Bertz CT molecular complexity index is 402. The molecule has 0 aromatic carbocycles. The smallest absolute Gasteiger partial charge is 0.138 e. The molecule has 0 saturated heterocycles. The summed E-state index contributed by atoms with van der Waals surface area (Å²) in [5.41, 5.74) is 0. The molecule has 2 saturated carbocycles. The molecule has 1 heterocycles. The van der Waals surface area contributed by atoms with Crippen LogP contribution in [0.1, 0.15) is 45.0 Å². The van der Waals surface area contributed by atoms with Gasteiger partial charge in [-0.1, -0.05) is 0 Å². The molecule has 0 amide bonds. The summed E-state index contributed by atoms with van der Waals surface area (Å²) in [4.78, 5) is 4.44. The monoisotopic (exact) mass is 248 g/mol. The Balaban J connectivity index is 1.67. The average molecular weight is 248 g/mol. The standard InChI is InChI=1S/C14H24N4/c1-9(2)18-14(16-8-17-18)7-13(15-3)12-5-10-4-11(10)6-12/h8-13,15H,4-7H2,1-3H3. The van der Waals surface area contributed by atoms with Crippen molar-refractivity contribution in [2.75, 3.05) is 7.05 Å². The summed E-state index contributed by atoms with van der Waals surface area (Å²) in [5, 5.41) is 7.84. The number of hydrogen-bond donors (Lipinski definition) is 1. The maximum atomic E-state index is 4.44. The molecular formula is C14H24N4. The third kappa shape index (κ3) is 2.18. The van der Waals surface area contributed by atoms with Crippen LogP contribution < -0.4 is 5.32 Å². The highest BCUT2D eigenvalue weighted by molar-refractivity contribution is 5.02. The van der Waals surface area contributed by atoms with Gasteiger partial charge in [-0.3, -0.25) is 0 Å². The minimum absolute atomic E-state index is 0.400. The van der Waals surface area contributed by atoms with Crippen molar-refractivity contribution in [2.24, 2.45) is 17.8 Å². The Kier molecular flexibility index (Phi) is 3.14. The summed E-state index contributed by atoms with van der Waals surface area (Å²) in [6.45, 7) is 4.33. The van der Waals surface area contributed by atoms with Crippen LogP contribution in [0.15, 0.2) is 6.33 Å². The quantitative estimate of drug-likeness (QED) is 0.867. The van der Waals surface area contributed by atoms with Gasteiger partial charge in [0.25, 0.3) is 0 Å². The second kappa shape index (κ2) is 4.65. The fourth-order valence-corrected chi connectivity index (χ4v) is 3.64. The number of nitrogens with zero attached hydrogens (tertiary/aromatic N) is 3. The van der Waals surface area contributed by atoms with Gasteiger partial charge in [0.15, 0.2) is 0 Å². The van der Waals surface area contributed by atoms with Crippen LogP contribution in [0.4, 0.5) is 0 Å². The van der Waals surface area contributed by atoms with Crippen molar-refractivity contribution in [2.45, 2.75) is 51.6 Å². The lowest BCUT2D eigenvalue weighted by molar-refractivity contribution is 0.337. The van der Waals surface area contributed by atoms with E-state index in [4.69, 9.17) is 0 Å². The zero-order valence-corrected chi connectivity index (χ0v) is 11.6. The molecule has 100 valence electrons. The van der Waals surface area contributed by atoms with E-state index in [1.165, 1.54) is 19.3 Å². The third-order valence-corrected chi connectivity index (χ3v) is 4.76. The summed E-state index contributed by atoms with van der Waals surface area (Å²) >= 11 is 0. The van der Waals surface area contributed by atoms with Crippen molar-refractivity contribution < 1.29 is 0 Å². The molecule has 3 atom stereocenters. The first kappa shape index (κ1) is 12.2. The van der Waals surface area contributed by atoms with Gasteiger partial charge >= 0.3 is 0 Å². The Morgan fingerprint density at radius 1 is 1.33 bits per heavy atom.